The zero-order valence-electron chi connectivity index (χ0n) is 15.2. The average Bonchev–Trinajstić information content (AvgIpc) is 3.00. The molecule has 2 amide bonds. The summed E-state index contributed by atoms with van der Waals surface area (Å²) in [6.07, 6.45) is 3.73. The predicted molar refractivity (Wildman–Crippen MR) is 97.1 cm³/mol. The van der Waals surface area contributed by atoms with Gasteiger partial charge in [0.1, 0.15) is 5.60 Å². The van der Waals surface area contributed by atoms with Crippen molar-refractivity contribution in [3.05, 3.63) is 53.9 Å². The summed E-state index contributed by atoms with van der Waals surface area (Å²) in [5, 5.41) is 20.3. The standard InChI is InChI=1S/C18H27N5O2/c1-18(25,15-8-6-5-7-9-15)13-20-17(24)19-11-16(22(2)3)14-10-21-23(4)12-14/h5-10,12,16,25H,11,13H2,1-4H3,(H2,19,20,24). The highest BCUT2D eigenvalue weighted by Gasteiger charge is 2.24. The fraction of sp³-hybridized carbons (Fsp3) is 0.444. The summed E-state index contributed by atoms with van der Waals surface area (Å²) in [5.41, 5.74) is 0.670. The Kier molecular flexibility index (Phi) is 6.17. The van der Waals surface area contributed by atoms with E-state index in [-0.39, 0.29) is 18.6 Å². The van der Waals surface area contributed by atoms with Gasteiger partial charge in [0.05, 0.1) is 18.8 Å². The monoisotopic (exact) mass is 345 g/mol. The van der Waals surface area contributed by atoms with Crippen molar-refractivity contribution in [3.63, 3.8) is 0 Å². The smallest absolute Gasteiger partial charge is 0.314 e. The number of nitrogens with zero attached hydrogens (tertiary/aromatic N) is 3. The third-order valence-corrected chi connectivity index (χ3v) is 4.18. The van der Waals surface area contributed by atoms with E-state index in [9.17, 15) is 9.90 Å². The second kappa shape index (κ2) is 8.13. The van der Waals surface area contributed by atoms with Crippen molar-refractivity contribution in [2.24, 2.45) is 7.05 Å². The summed E-state index contributed by atoms with van der Waals surface area (Å²) in [6, 6.07) is 8.99. The lowest BCUT2D eigenvalue weighted by molar-refractivity contribution is 0.0593. The van der Waals surface area contributed by atoms with Crippen LogP contribution in [0.15, 0.2) is 42.7 Å². The van der Waals surface area contributed by atoms with Gasteiger partial charge in [0, 0.05) is 25.4 Å². The van der Waals surface area contributed by atoms with Crippen molar-refractivity contribution < 1.29 is 9.90 Å². The fourth-order valence-corrected chi connectivity index (χ4v) is 2.61. The topological polar surface area (TPSA) is 82.4 Å². The minimum absolute atomic E-state index is 0.0223. The number of aryl methyl sites for hydroxylation is 1. The molecule has 0 fully saturated rings. The number of hydrogen-bond acceptors (Lipinski definition) is 4. The van der Waals surface area contributed by atoms with Crippen molar-refractivity contribution >= 4 is 6.03 Å². The van der Waals surface area contributed by atoms with E-state index >= 15 is 0 Å². The van der Waals surface area contributed by atoms with Crippen LogP contribution in [0.4, 0.5) is 4.79 Å². The van der Waals surface area contributed by atoms with Gasteiger partial charge < -0.3 is 20.6 Å². The molecule has 25 heavy (non-hydrogen) atoms. The number of benzene rings is 1. The molecule has 136 valence electrons. The van der Waals surface area contributed by atoms with E-state index in [0.29, 0.717) is 6.54 Å². The number of rotatable bonds is 7. The molecule has 0 bridgehead atoms. The molecular weight excluding hydrogens is 318 g/mol. The number of hydrogen-bond donors (Lipinski definition) is 3. The third-order valence-electron chi connectivity index (χ3n) is 4.18. The molecule has 1 heterocycles. The Morgan fingerprint density at radius 2 is 2.00 bits per heavy atom. The van der Waals surface area contributed by atoms with Gasteiger partial charge in [-0.25, -0.2) is 4.79 Å². The fourth-order valence-electron chi connectivity index (χ4n) is 2.61. The zero-order valence-corrected chi connectivity index (χ0v) is 15.2. The highest BCUT2D eigenvalue weighted by Crippen LogP contribution is 2.19. The van der Waals surface area contributed by atoms with Gasteiger partial charge in [-0.3, -0.25) is 4.68 Å². The van der Waals surface area contributed by atoms with Gasteiger partial charge in [0.2, 0.25) is 0 Å². The zero-order chi connectivity index (χ0) is 18.4. The van der Waals surface area contributed by atoms with Crippen molar-refractivity contribution in [2.75, 3.05) is 27.2 Å². The number of likely N-dealkylation sites (N-methyl/N-ethyl adjacent to an activating group) is 1. The Morgan fingerprint density at radius 1 is 1.32 bits per heavy atom. The van der Waals surface area contributed by atoms with Gasteiger partial charge in [-0.1, -0.05) is 30.3 Å². The quantitative estimate of drug-likeness (QED) is 0.705. The van der Waals surface area contributed by atoms with Crippen LogP contribution in [-0.4, -0.2) is 53.0 Å². The van der Waals surface area contributed by atoms with Gasteiger partial charge in [0.25, 0.3) is 0 Å². The molecule has 2 unspecified atom stereocenters. The van der Waals surface area contributed by atoms with Crippen LogP contribution in [0.1, 0.15) is 24.1 Å². The van der Waals surface area contributed by atoms with Gasteiger partial charge in [-0.05, 0) is 26.6 Å². The Balaban J connectivity index is 1.87. The molecule has 2 aromatic rings. The Hall–Kier alpha value is -2.38. The Labute approximate surface area is 148 Å². The van der Waals surface area contributed by atoms with Crippen molar-refractivity contribution in [2.45, 2.75) is 18.6 Å². The van der Waals surface area contributed by atoms with Crippen LogP contribution in [-0.2, 0) is 12.6 Å². The summed E-state index contributed by atoms with van der Waals surface area (Å²) >= 11 is 0. The SMILES string of the molecule is CN(C)C(CNC(=O)NCC(C)(O)c1ccccc1)c1cnn(C)c1. The molecule has 7 nitrogen and oxygen atoms in total. The molecule has 2 rings (SSSR count). The van der Waals surface area contributed by atoms with Crippen LogP contribution < -0.4 is 10.6 Å². The van der Waals surface area contributed by atoms with E-state index in [4.69, 9.17) is 0 Å². The molecular formula is C18H27N5O2. The van der Waals surface area contributed by atoms with E-state index in [1.807, 2.05) is 62.6 Å². The van der Waals surface area contributed by atoms with Gasteiger partial charge >= 0.3 is 6.03 Å². The van der Waals surface area contributed by atoms with Crippen molar-refractivity contribution in [1.82, 2.24) is 25.3 Å². The van der Waals surface area contributed by atoms with Crippen LogP contribution in [0.25, 0.3) is 0 Å². The maximum atomic E-state index is 12.1. The molecule has 0 aliphatic carbocycles. The molecule has 7 heteroatoms. The second-order valence-corrected chi connectivity index (χ2v) is 6.63. The van der Waals surface area contributed by atoms with Gasteiger partial charge in [-0.15, -0.1) is 0 Å². The van der Waals surface area contributed by atoms with Crippen LogP contribution in [0.5, 0.6) is 0 Å². The molecule has 1 aromatic carbocycles. The minimum atomic E-state index is -1.12. The van der Waals surface area contributed by atoms with Crippen LogP contribution in [0, 0.1) is 0 Å². The number of carbonyl (C=O) groups is 1. The number of aromatic nitrogens is 2. The highest BCUT2D eigenvalue weighted by atomic mass is 16.3. The summed E-state index contributed by atoms with van der Waals surface area (Å²) in [7, 11) is 5.77. The van der Waals surface area contributed by atoms with Crippen LogP contribution >= 0.6 is 0 Å². The van der Waals surface area contributed by atoms with E-state index < -0.39 is 5.60 Å². The molecule has 0 radical (unpaired) electrons. The molecule has 0 spiro atoms. The lowest BCUT2D eigenvalue weighted by atomic mass is 9.96. The molecule has 2 atom stereocenters. The molecule has 1 aromatic heterocycles. The molecule has 0 saturated carbocycles. The molecule has 0 aliphatic rings. The van der Waals surface area contributed by atoms with E-state index in [0.717, 1.165) is 11.1 Å². The van der Waals surface area contributed by atoms with E-state index in [2.05, 4.69) is 15.7 Å². The van der Waals surface area contributed by atoms with E-state index in [1.165, 1.54) is 0 Å². The van der Waals surface area contributed by atoms with Crippen LogP contribution in [0.2, 0.25) is 0 Å². The average molecular weight is 345 g/mol. The summed E-state index contributed by atoms with van der Waals surface area (Å²) in [5.74, 6) is 0. The molecule has 0 saturated heterocycles. The number of aliphatic hydroxyl groups is 1. The number of amides is 2. The minimum Gasteiger partial charge on any atom is -0.384 e. The van der Waals surface area contributed by atoms with Gasteiger partial charge in [-0.2, -0.15) is 5.10 Å². The van der Waals surface area contributed by atoms with Crippen molar-refractivity contribution in [3.8, 4) is 0 Å². The summed E-state index contributed by atoms with van der Waals surface area (Å²) in [6.45, 7) is 2.25. The summed E-state index contributed by atoms with van der Waals surface area (Å²) in [4.78, 5) is 14.1. The lowest BCUT2D eigenvalue weighted by Crippen LogP contribution is -2.45. The normalized spacial score (nSPS) is 14.8. The number of carbonyl (C=O) groups excluding carboxylic acids is 1. The first kappa shape index (κ1) is 19.0. The number of urea groups is 1. The summed E-state index contributed by atoms with van der Waals surface area (Å²) < 4.78 is 1.74. The predicted octanol–water partition coefficient (Wildman–Crippen LogP) is 1.23. The first-order chi connectivity index (χ1) is 11.8. The maximum Gasteiger partial charge on any atom is 0.314 e. The lowest BCUT2D eigenvalue weighted by Gasteiger charge is -2.26. The maximum absolute atomic E-state index is 12.1. The second-order valence-electron chi connectivity index (χ2n) is 6.63. The Bertz CT molecular complexity index is 682. The first-order valence-electron chi connectivity index (χ1n) is 8.24. The third kappa shape index (κ3) is 5.30. The first-order valence-corrected chi connectivity index (χ1v) is 8.24. The number of nitrogens with one attached hydrogen (secondary N) is 2. The van der Waals surface area contributed by atoms with Crippen molar-refractivity contribution in [1.29, 1.82) is 0 Å². The molecule has 3 N–H and O–H groups in total. The highest BCUT2D eigenvalue weighted by molar-refractivity contribution is 5.74. The molecule has 0 aliphatic heterocycles. The van der Waals surface area contributed by atoms with Gasteiger partial charge in [0.15, 0.2) is 0 Å². The van der Waals surface area contributed by atoms with E-state index in [1.54, 1.807) is 17.8 Å². The largest absolute Gasteiger partial charge is 0.384 e. The van der Waals surface area contributed by atoms with Crippen LogP contribution in [0.3, 0.4) is 0 Å². The Morgan fingerprint density at radius 3 is 2.56 bits per heavy atom.